The van der Waals surface area contributed by atoms with Crippen molar-refractivity contribution in [3.05, 3.63) is 30.3 Å². The predicted octanol–water partition coefficient (Wildman–Crippen LogP) is 2.24. The number of aliphatic hydroxyl groups is 1. The first-order chi connectivity index (χ1) is 8.27. The Morgan fingerprint density at radius 2 is 2.18 bits per heavy atom. The van der Waals surface area contributed by atoms with E-state index < -0.39 is 0 Å². The fraction of sp³-hybridized carbons (Fsp3) is 0.571. The lowest BCUT2D eigenvalue weighted by atomic mass is 9.80. The van der Waals surface area contributed by atoms with Crippen molar-refractivity contribution < 1.29 is 14.6 Å². The second-order valence-corrected chi connectivity index (χ2v) is 4.70. The lowest BCUT2D eigenvalue weighted by Crippen LogP contribution is -2.34. The fourth-order valence-corrected chi connectivity index (χ4v) is 2.32. The Morgan fingerprint density at radius 3 is 2.76 bits per heavy atom. The SMILES string of the molecule is CC1OCCC1(CO)CCOc1ccccc1. The van der Waals surface area contributed by atoms with Crippen molar-refractivity contribution in [1.82, 2.24) is 0 Å². The average molecular weight is 236 g/mol. The Morgan fingerprint density at radius 1 is 1.41 bits per heavy atom. The number of para-hydroxylation sites is 1. The number of hydrogen-bond donors (Lipinski definition) is 1. The van der Waals surface area contributed by atoms with Gasteiger partial charge in [0.05, 0.1) is 19.3 Å². The molecular weight excluding hydrogens is 216 g/mol. The van der Waals surface area contributed by atoms with Crippen LogP contribution in [0.15, 0.2) is 30.3 Å². The van der Waals surface area contributed by atoms with E-state index in [1.165, 1.54) is 0 Å². The molecular formula is C14H20O3. The van der Waals surface area contributed by atoms with Crippen LogP contribution < -0.4 is 4.74 Å². The first-order valence-corrected chi connectivity index (χ1v) is 6.17. The summed E-state index contributed by atoms with van der Waals surface area (Å²) >= 11 is 0. The lowest BCUT2D eigenvalue weighted by molar-refractivity contribution is 0.0140. The number of rotatable bonds is 5. The smallest absolute Gasteiger partial charge is 0.119 e. The molecule has 94 valence electrons. The first kappa shape index (κ1) is 12.4. The van der Waals surface area contributed by atoms with Crippen LogP contribution in [-0.4, -0.2) is 31.0 Å². The molecule has 3 heteroatoms. The molecule has 0 aromatic heterocycles. The third-order valence-corrected chi connectivity index (χ3v) is 3.76. The van der Waals surface area contributed by atoms with E-state index in [0.717, 1.165) is 25.2 Å². The molecule has 2 rings (SSSR count). The molecule has 0 radical (unpaired) electrons. The van der Waals surface area contributed by atoms with Crippen LogP contribution >= 0.6 is 0 Å². The van der Waals surface area contributed by atoms with Gasteiger partial charge < -0.3 is 14.6 Å². The molecule has 0 spiro atoms. The van der Waals surface area contributed by atoms with Crippen molar-refractivity contribution in [1.29, 1.82) is 0 Å². The zero-order chi connectivity index (χ0) is 12.1. The van der Waals surface area contributed by atoms with Crippen molar-refractivity contribution >= 4 is 0 Å². The molecule has 1 aromatic carbocycles. The van der Waals surface area contributed by atoms with Gasteiger partial charge in [0.2, 0.25) is 0 Å². The van der Waals surface area contributed by atoms with Gasteiger partial charge in [0, 0.05) is 12.0 Å². The van der Waals surface area contributed by atoms with Crippen LogP contribution in [-0.2, 0) is 4.74 Å². The van der Waals surface area contributed by atoms with E-state index in [0.29, 0.717) is 6.61 Å². The summed E-state index contributed by atoms with van der Waals surface area (Å²) < 4.78 is 11.2. The maximum Gasteiger partial charge on any atom is 0.119 e. The molecule has 1 aliphatic heterocycles. The Hall–Kier alpha value is -1.06. The Labute approximate surface area is 102 Å². The molecule has 0 saturated carbocycles. The molecule has 1 N–H and O–H groups in total. The van der Waals surface area contributed by atoms with Crippen LogP contribution in [0, 0.1) is 5.41 Å². The maximum absolute atomic E-state index is 9.55. The average Bonchev–Trinajstić information content (AvgIpc) is 2.73. The van der Waals surface area contributed by atoms with E-state index in [2.05, 4.69) is 0 Å². The van der Waals surface area contributed by atoms with Crippen LogP contribution in [0.25, 0.3) is 0 Å². The van der Waals surface area contributed by atoms with E-state index in [9.17, 15) is 5.11 Å². The Kier molecular flexibility index (Phi) is 4.02. The summed E-state index contributed by atoms with van der Waals surface area (Å²) in [6, 6.07) is 9.77. The standard InChI is InChI=1S/C14H20O3/c1-12-14(11-15,7-9-16-12)8-10-17-13-5-3-2-4-6-13/h2-6,12,15H,7-11H2,1H3. The van der Waals surface area contributed by atoms with Crippen LogP contribution in [0.2, 0.25) is 0 Å². The second kappa shape index (κ2) is 5.52. The van der Waals surface area contributed by atoms with Gasteiger partial charge in [-0.3, -0.25) is 0 Å². The van der Waals surface area contributed by atoms with Gasteiger partial charge in [-0.1, -0.05) is 18.2 Å². The van der Waals surface area contributed by atoms with Crippen LogP contribution in [0.5, 0.6) is 5.75 Å². The zero-order valence-electron chi connectivity index (χ0n) is 10.3. The van der Waals surface area contributed by atoms with Crippen LogP contribution in [0.4, 0.5) is 0 Å². The molecule has 1 aliphatic rings. The van der Waals surface area contributed by atoms with Crippen molar-refractivity contribution in [2.24, 2.45) is 5.41 Å². The van der Waals surface area contributed by atoms with Crippen LogP contribution in [0.3, 0.4) is 0 Å². The van der Waals surface area contributed by atoms with Gasteiger partial charge in [-0.25, -0.2) is 0 Å². The van der Waals surface area contributed by atoms with E-state index in [1.54, 1.807) is 0 Å². The minimum atomic E-state index is -0.116. The van der Waals surface area contributed by atoms with Crippen LogP contribution in [0.1, 0.15) is 19.8 Å². The monoisotopic (exact) mass is 236 g/mol. The summed E-state index contributed by atoms with van der Waals surface area (Å²) in [4.78, 5) is 0. The Balaban J connectivity index is 1.85. The summed E-state index contributed by atoms with van der Waals surface area (Å²) in [6.07, 6.45) is 1.87. The van der Waals surface area contributed by atoms with Crippen molar-refractivity contribution in [2.75, 3.05) is 19.8 Å². The molecule has 17 heavy (non-hydrogen) atoms. The molecule has 2 unspecified atom stereocenters. The quantitative estimate of drug-likeness (QED) is 0.852. The van der Waals surface area contributed by atoms with Gasteiger partial charge in [-0.05, 0) is 31.9 Å². The molecule has 0 bridgehead atoms. The van der Waals surface area contributed by atoms with E-state index in [1.807, 2.05) is 37.3 Å². The second-order valence-electron chi connectivity index (χ2n) is 4.70. The highest BCUT2D eigenvalue weighted by Crippen LogP contribution is 2.37. The van der Waals surface area contributed by atoms with Crippen molar-refractivity contribution in [2.45, 2.75) is 25.9 Å². The molecule has 1 saturated heterocycles. The van der Waals surface area contributed by atoms with E-state index >= 15 is 0 Å². The number of ether oxygens (including phenoxy) is 2. The predicted molar refractivity (Wildman–Crippen MR) is 66.1 cm³/mol. The maximum atomic E-state index is 9.55. The highest BCUT2D eigenvalue weighted by molar-refractivity contribution is 5.20. The van der Waals surface area contributed by atoms with Crippen molar-refractivity contribution in [3.8, 4) is 5.75 Å². The highest BCUT2D eigenvalue weighted by Gasteiger charge is 2.40. The van der Waals surface area contributed by atoms with E-state index in [-0.39, 0.29) is 18.1 Å². The zero-order valence-corrected chi connectivity index (χ0v) is 10.3. The minimum Gasteiger partial charge on any atom is -0.494 e. The molecule has 1 fully saturated rings. The lowest BCUT2D eigenvalue weighted by Gasteiger charge is -2.29. The van der Waals surface area contributed by atoms with Gasteiger partial charge in [-0.15, -0.1) is 0 Å². The molecule has 2 atom stereocenters. The first-order valence-electron chi connectivity index (χ1n) is 6.17. The fourth-order valence-electron chi connectivity index (χ4n) is 2.32. The number of hydrogen-bond acceptors (Lipinski definition) is 3. The molecule has 3 nitrogen and oxygen atoms in total. The van der Waals surface area contributed by atoms with Crippen molar-refractivity contribution in [3.63, 3.8) is 0 Å². The van der Waals surface area contributed by atoms with Gasteiger partial charge >= 0.3 is 0 Å². The summed E-state index contributed by atoms with van der Waals surface area (Å²) in [7, 11) is 0. The summed E-state index contributed by atoms with van der Waals surface area (Å²) in [5.74, 6) is 0.882. The minimum absolute atomic E-state index is 0.116. The molecule has 1 aromatic rings. The van der Waals surface area contributed by atoms with Gasteiger partial charge in [-0.2, -0.15) is 0 Å². The van der Waals surface area contributed by atoms with Gasteiger partial charge in [0.1, 0.15) is 5.75 Å². The number of benzene rings is 1. The Bertz CT molecular complexity index is 339. The normalized spacial score (nSPS) is 28.2. The topological polar surface area (TPSA) is 38.7 Å². The third-order valence-electron chi connectivity index (χ3n) is 3.76. The molecule has 0 amide bonds. The van der Waals surface area contributed by atoms with Gasteiger partial charge in [0.25, 0.3) is 0 Å². The summed E-state index contributed by atoms with van der Waals surface area (Å²) in [5.41, 5.74) is -0.116. The van der Waals surface area contributed by atoms with Gasteiger partial charge in [0.15, 0.2) is 0 Å². The highest BCUT2D eigenvalue weighted by atomic mass is 16.5. The largest absolute Gasteiger partial charge is 0.494 e. The molecule has 0 aliphatic carbocycles. The van der Waals surface area contributed by atoms with E-state index in [4.69, 9.17) is 9.47 Å². The molecule has 1 heterocycles. The summed E-state index contributed by atoms with van der Waals surface area (Å²) in [6.45, 7) is 3.57. The number of aliphatic hydroxyl groups excluding tert-OH is 1. The third kappa shape index (κ3) is 2.79. The summed E-state index contributed by atoms with van der Waals surface area (Å²) in [5, 5.41) is 9.55.